The van der Waals surface area contributed by atoms with Gasteiger partial charge in [0.2, 0.25) is 0 Å². The van der Waals surface area contributed by atoms with Gasteiger partial charge in [0.25, 0.3) is 0 Å². The fourth-order valence-electron chi connectivity index (χ4n) is 1.47. The molecule has 17 heavy (non-hydrogen) atoms. The Kier molecular flexibility index (Phi) is 3.35. The van der Waals surface area contributed by atoms with Crippen LogP contribution < -0.4 is 4.90 Å². The molecule has 0 unspecified atom stereocenters. The Morgan fingerprint density at radius 3 is 2.94 bits per heavy atom. The summed E-state index contributed by atoms with van der Waals surface area (Å²) in [4.78, 5) is 11.7. The summed E-state index contributed by atoms with van der Waals surface area (Å²) in [5, 5.41) is 8.81. The van der Waals surface area contributed by atoms with Gasteiger partial charge in [-0.3, -0.25) is 0 Å². The first-order valence-corrected chi connectivity index (χ1v) is 6.06. The van der Waals surface area contributed by atoms with E-state index in [1.54, 1.807) is 17.4 Å². The zero-order chi connectivity index (χ0) is 12.3. The number of aromatic nitrogens is 2. The van der Waals surface area contributed by atoms with Crippen LogP contribution in [0, 0.1) is 18.3 Å². The topological polar surface area (TPSA) is 52.8 Å². The minimum Gasteiger partial charge on any atom is -0.354 e. The van der Waals surface area contributed by atoms with Crippen LogP contribution in [0.2, 0.25) is 0 Å². The highest BCUT2D eigenvalue weighted by Gasteiger charge is 2.08. The summed E-state index contributed by atoms with van der Waals surface area (Å²) >= 11 is 1.64. The molecule has 0 aliphatic rings. The van der Waals surface area contributed by atoms with Crippen molar-refractivity contribution in [3.8, 4) is 6.07 Å². The van der Waals surface area contributed by atoms with E-state index in [1.165, 1.54) is 4.88 Å². The summed E-state index contributed by atoms with van der Waals surface area (Å²) in [6.07, 6.45) is 0. The smallest absolute Gasteiger partial charge is 0.142 e. The van der Waals surface area contributed by atoms with Crippen LogP contribution in [0.15, 0.2) is 23.7 Å². The van der Waals surface area contributed by atoms with E-state index in [4.69, 9.17) is 5.26 Å². The second kappa shape index (κ2) is 4.93. The Bertz CT molecular complexity index is 556. The SMILES string of the molecule is Cc1ncsc1CN(C)c1cccc(C#N)n1. The number of rotatable bonds is 3. The van der Waals surface area contributed by atoms with Crippen LogP contribution in [0.25, 0.3) is 0 Å². The molecule has 0 N–H and O–H groups in total. The van der Waals surface area contributed by atoms with Crippen LogP contribution in [-0.4, -0.2) is 17.0 Å². The van der Waals surface area contributed by atoms with Crippen LogP contribution in [0.3, 0.4) is 0 Å². The van der Waals surface area contributed by atoms with Gasteiger partial charge in [0, 0.05) is 11.9 Å². The molecule has 0 aliphatic heterocycles. The summed E-state index contributed by atoms with van der Waals surface area (Å²) in [5.41, 5.74) is 3.34. The van der Waals surface area contributed by atoms with Gasteiger partial charge in [0.15, 0.2) is 0 Å². The van der Waals surface area contributed by atoms with E-state index >= 15 is 0 Å². The van der Waals surface area contributed by atoms with Gasteiger partial charge in [0.1, 0.15) is 17.6 Å². The summed E-state index contributed by atoms with van der Waals surface area (Å²) in [6, 6.07) is 7.49. The Labute approximate surface area is 104 Å². The van der Waals surface area contributed by atoms with E-state index in [0.29, 0.717) is 5.69 Å². The van der Waals surface area contributed by atoms with Crippen LogP contribution in [0.1, 0.15) is 16.3 Å². The average molecular weight is 244 g/mol. The van der Waals surface area contributed by atoms with Crippen molar-refractivity contribution in [2.75, 3.05) is 11.9 Å². The van der Waals surface area contributed by atoms with Crippen molar-refractivity contribution in [1.82, 2.24) is 9.97 Å². The van der Waals surface area contributed by atoms with Gasteiger partial charge < -0.3 is 4.90 Å². The van der Waals surface area contributed by atoms with Crippen LogP contribution in [0.4, 0.5) is 5.82 Å². The Morgan fingerprint density at radius 1 is 1.47 bits per heavy atom. The highest BCUT2D eigenvalue weighted by Crippen LogP contribution is 2.18. The van der Waals surface area contributed by atoms with E-state index in [-0.39, 0.29) is 0 Å². The first-order valence-electron chi connectivity index (χ1n) is 5.18. The van der Waals surface area contributed by atoms with Crippen molar-refractivity contribution in [2.24, 2.45) is 0 Å². The van der Waals surface area contributed by atoms with Crippen molar-refractivity contribution in [3.63, 3.8) is 0 Å². The number of nitriles is 1. The Hall–Kier alpha value is -1.93. The minimum absolute atomic E-state index is 0.440. The molecule has 0 saturated heterocycles. The molecule has 0 bridgehead atoms. The Morgan fingerprint density at radius 2 is 2.29 bits per heavy atom. The lowest BCUT2D eigenvalue weighted by Crippen LogP contribution is -2.17. The molecule has 2 aromatic rings. The number of aryl methyl sites for hydroxylation is 1. The molecule has 5 heteroatoms. The Balaban J connectivity index is 2.17. The highest BCUT2D eigenvalue weighted by atomic mass is 32.1. The van der Waals surface area contributed by atoms with Crippen molar-refractivity contribution in [3.05, 3.63) is 40.0 Å². The lowest BCUT2D eigenvalue weighted by Gasteiger charge is -2.17. The zero-order valence-electron chi connectivity index (χ0n) is 9.71. The lowest BCUT2D eigenvalue weighted by atomic mass is 10.3. The molecule has 2 heterocycles. The van der Waals surface area contributed by atoms with E-state index in [0.717, 1.165) is 18.1 Å². The molecule has 0 aromatic carbocycles. The molecular weight excluding hydrogens is 232 g/mol. The maximum Gasteiger partial charge on any atom is 0.142 e. The molecule has 0 fully saturated rings. The molecule has 0 aliphatic carbocycles. The van der Waals surface area contributed by atoms with Gasteiger partial charge in [-0.05, 0) is 19.1 Å². The minimum atomic E-state index is 0.440. The molecule has 4 nitrogen and oxygen atoms in total. The molecular formula is C12H12N4S. The monoisotopic (exact) mass is 244 g/mol. The highest BCUT2D eigenvalue weighted by molar-refractivity contribution is 7.09. The lowest BCUT2D eigenvalue weighted by molar-refractivity contribution is 0.899. The molecule has 0 atom stereocenters. The molecule has 2 aromatic heterocycles. The fourth-order valence-corrected chi connectivity index (χ4v) is 2.30. The second-order valence-corrected chi connectivity index (χ2v) is 4.65. The van der Waals surface area contributed by atoms with Crippen molar-refractivity contribution >= 4 is 17.2 Å². The van der Waals surface area contributed by atoms with Gasteiger partial charge in [-0.2, -0.15) is 5.26 Å². The fraction of sp³-hybridized carbons (Fsp3) is 0.250. The van der Waals surface area contributed by atoms with Gasteiger partial charge in [-0.25, -0.2) is 9.97 Å². The van der Waals surface area contributed by atoms with Crippen LogP contribution >= 0.6 is 11.3 Å². The van der Waals surface area contributed by atoms with E-state index < -0.39 is 0 Å². The second-order valence-electron chi connectivity index (χ2n) is 3.71. The van der Waals surface area contributed by atoms with Gasteiger partial charge in [0.05, 0.1) is 17.7 Å². The summed E-state index contributed by atoms with van der Waals surface area (Å²) in [6.45, 7) is 2.76. The van der Waals surface area contributed by atoms with Gasteiger partial charge >= 0.3 is 0 Å². The van der Waals surface area contributed by atoms with E-state index in [1.807, 2.05) is 42.6 Å². The quantitative estimate of drug-likeness (QED) is 0.831. The first-order chi connectivity index (χ1) is 8.20. The van der Waals surface area contributed by atoms with E-state index in [2.05, 4.69) is 9.97 Å². The summed E-state index contributed by atoms with van der Waals surface area (Å²) < 4.78 is 0. The molecule has 86 valence electrons. The third kappa shape index (κ3) is 2.60. The summed E-state index contributed by atoms with van der Waals surface area (Å²) in [5.74, 6) is 0.803. The molecule has 0 spiro atoms. The largest absolute Gasteiger partial charge is 0.354 e. The number of hydrogen-bond acceptors (Lipinski definition) is 5. The van der Waals surface area contributed by atoms with Crippen molar-refractivity contribution in [2.45, 2.75) is 13.5 Å². The van der Waals surface area contributed by atoms with Gasteiger partial charge in [-0.1, -0.05) is 6.07 Å². The standard InChI is InChI=1S/C12H12N4S/c1-9-11(17-8-14-9)7-16(2)12-5-3-4-10(6-13)15-12/h3-5,8H,7H2,1-2H3. The predicted molar refractivity (Wildman–Crippen MR) is 67.9 cm³/mol. The number of anilines is 1. The van der Waals surface area contributed by atoms with Crippen LogP contribution in [-0.2, 0) is 6.54 Å². The normalized spacial score (nSPS) is 9.94. The average Bonchev–Trinajstić information content (AvgIpc) is 2.75. The first kappa shape index (κ1) is 11.6. The molecule has 2 rings (SSSR count). The number of hydrogen-bond donors (Lipinski definition) is 0. The zero-order valence-corrected chi connectivity index (χ0v) is 10.5. The predicted octanol–water partition coefficient (Wildman–Crippen LogP) is 2.35. The van der Waals surface area contributed by atoms with Gasteiger partial charge in [-0.15, -0.1) is 11.3 Å². The molecule has 0 saturated carbocycles. The van der Waals surface area contributed by atoms with Crippen molar-refractivity contribution in [1.29, 1.82) is 5.26 Å². The number of pyridine rings is 1. The summed E-state index contributed by atoms with van der Waals surface area (Å²) in [7, 11) is 1.96. The number of nitrogens with zero attached hydrogens (tertiary/aromatic N) is 4. The number of thiazole rings is 1. The third-order valence-electron chi connectivity index (χ3n) is 2.47. The van der Waals surface area contributed by atoms with Crippen molar-refractivity contribution < 1.29 is 0 Å². The maximum atomic E-state index is 8.81. The van der Waals surface area contributed by atoms with E-state index in [9.17, 15) is 0 Å². The van der Waals surface area contributed by atoms with Crippen LogP contribution in [0.5, 0.6) is 0 Å². The molecule has 0 radical (unpaired) electrons. The molecule has 0 amide bonds. The maximum absolute atomic E-state index is 8.81. The third-order valence-corrected chi connectivity index (χ3v) is 3.39.